The Kier molecular flexibility index (Phi) is 5.13. The molecule has 2 aromatic carbocycles. The number of rotatable bonds is 4. The van der Waals surface area contributed by atoms with E-state index in [1.54, 1.807) is 11.6 Å². The summed E-state index contributed by atoms with van der Waals surface area (Å²) in [5.74, 6) is -1.85. The summed E-state index contributed by atoms with van der Waals surface area (Å²) in [6.45, 7) is 3.66. The fourth-order valence-electron chi connectivity index (χ4n) is 2.52. The van der Waals surface area contributed by atoms with E-state index in [4.69, 9.17) is 0 Å². The summed E-state index contributed by atoms with van der Waals surface area (Å²) in [4.78, 5) is 12.4. The molecular formula is C18H15BrF2N4O. The molecule has 0 saturated heterocycles. The van der Waals surface area contributed by atoms with Gasteiger partial charge in [0.25, 0.3) is 5.91 Å². The summed E-state index contributed by atoms with van der Waals surface area (Å²) in [5.41, 5.74) is 2.85. The predicted octanol–water partition coefficient (Wildman–Crippen LogP) is 3.85. The molecular weight excluding hydrogens is 406 g/mol. The lowest BCUT2D eigenvalue weighted by molar-refractivity contribution is 0.0945. The number of nitrogens with one attached hydrogen (secondary N) is 1. The molecule has 1 N–H and O–H groups in total. The van der Waals surface area contributed by atoms with Gasteiger partial charge in [-0.2, -0.15) is 0 Å². The molecule has 0 bridgehead atoms. The van der Waals surface area contributed by atoms with Gasteiger partial charge in [-0.3, -0.25) is 4.79 Å². The highest BCUT2D eigenvalue weighted by Crippen LogP contribution is 2.20. The minimum Gasteiger partial charge on any atom is -0.347 e. The van der Waals surface area contributed by atoms with Crippen molar-refractivity contribution in [2.45, 2.75) is 20.4 Å². The number of halogens is 3. The number of nitrogens with zero attached hydrogens (tertiary/aromatic N) is 3. The van der Waals surface area contributed by atoms with Crippen LogP contribution in [0.2, 0.25) is 0 Å². The molecule has 0 radical (unpaired) electrons. The minimum absolute atomic E-state index is 0.0167. The highest BCUT2D eigenvalue weighted by molar-refractivity contribution is 9.10. The van der Waals surface area contributed by atoms with Crippen LogP contribution in [0.25, 0.3) is 5.69 Å². The Morgan fingerprint density at radius 1 is 1.15 bits per heavy atom. The molecule has 0 aliphatic rings. The molecule has 1 amide bonds. The van der Waals surface area contributed by atoms with Crippen LogP contribution >= 0.6 is 15.9 Å². The number of aryl methyl sites for hydroxylation is 1. The van der Waals surface area contributed by atoms with Crippen molar-refractivity contribution in [3.63, 3.8) is 0 Å². The van der Waals surface area contributed by atoms with Crippen molar-refractivity contribution in [1.82, 2.24) is 20.3 Å². The molecule has 0 fully saturated rings. The van der Waals surface area contributed by atoms with Crippen LogP contribution in [0, 0.1) is 25.5 Å². The van der Waals surface area contributed by atoms with Gasteiger partial charge in [-0.15, -0.1) is 5.10 Å². The first-order chi connectivity index (χ1) is 12.3. The molecule has 0 saturated carbocycles. The van der Waals surface area contributed by atoms with Gasteiger partial charge in [0.2, 0.25) is 0 Å². The second-order valence-corrected chi connectivity index (χ2v) is 6.68. The molecule has 0 atom stereocenters. The maximum absolute atomic E-state index is 13.2. The molecule has 8 heteroatoms. The van der Waals surface area contributed by atoms with Crippen molar-refractivity contribution in [3.05, 3.63) is 75.0 Å². The Bertz CT molecular complexity index is 967. The minimum atomic E-state index is -0.693. The fraction of sp³-hybridized carbons (Fsp3) is 0.167. The summed E-state index contributed by atoms with van der Waals surface area (Å²) in [6.07, 6.45) is 0. The van der Waals surface area contributed by atoms with Gasteiger partial charge in [0.05, 0.1) is 11.4 Å². The van der Waals surface area contributed by atoms with E-state index in [1.807, 2.05) is 25.1 Å². The van der Waals surface area contributed by atoms with Crippen LogP contribution < -0.4 is 5.32 Å². The van der Waals surface area contributed by atoms with Gasteiger partial charge in [0.1, 0.15) is 11.6 Å². The van der Waals surface area contributed by atoms with Crippen molar-refractivity contribution >= 4 is 21.8 Å². The summed E-state index contributed by atoms with van der Waals surface area (Å²) >= 11 is 3.44. The summed E-state index contributed by atoms with van der Waals surface area (Å²) in [7, 11) is 0. The van der Waals surface area contributed by atoms with Gasteiger partial charge in [0, 0.05) is 17.1 Å². The van der Waals surface area contributed by atoms with E-state index in [1.165, 1.54) is 0 Å². The summed E-state index contributed by atoms with van der Waals surface area (Å²) in [5, 5.41) is 10.6. The van der Waals surface area contributed by atoms with Crippen LogP contribution in [-0.2, 0) is 6.54 Å². The van der Waals surface area contributed by atoms with Crippen molar-refractivity contribution in [3.8, 4) is 5.69 Å². The Morgan fingerprint density at radius 3 is 2.50 bits per heavy atom. The zero-order valence-corrected chi connectivity index (χ0v) is 15.6. The second kappa shape index (κ2) is 7.33. The first kappa shape index (κ1) is 18.2. The van der Waals surface area contributed by atoms with Gasteiger partial charge >= 0.3 is 0 Å². The number of aromatic nitrogens is 3. The van der Waals surface area contributed by atoms with E-state index < -0.39 is 17.5 Å². The Labute approximate surface area is 157 Å². The Balaban J connectivity index is 1.78. The average Bonchev–Trinajstić information content (AvgIpc) is 2.96. The summed E-state index contributed by atoms with van der Waals surface area (Å²) in [6, 6.07) is 8.78. The molecule has 3 aromatic rings. The Morgan fingerprint density at radius 2 is 1.85 bits per heavy atom. The summed E-state index contributed by atoms with van der Waals surface area (Å²) < 4.78 is 29.0. The maximum atomic E-state index is 13.2. The molecule has 3 rings (SSSR count). The van der Waals surface area contributed by atoms with Crippen molar-refractivity contribution in [2.75, 3.05) is 0 Å². The maximum Gasteiger partial charge on any atom is 0.274 e. The smallest absolute Gasteiger partial charge is 0.274 e. The van der Waals surface area contributed by atoms with Crippen LogP contribution in [0.1, 0.15) is 27.3 Å². The van der Waals surface area contributed by atoms with Gasteiger partial charge in [-0.25, -0.2) is 13.5 Å². The van der Waals surface area contributed by atoms with Crippen LogP contribution in [0.3, 0.4) is 0 Å². The molecule has 5 nitrogen and oxygen atoms in total. The highest BCUT2D eigenvalue weighted by Gasteiger charge is 2.17. The first-order valence-corrected chi connectivity index (χ1v) is 8.56. The number of carbonyl (C=O) groups excluding carboxylic acids is 1. The topological polar surface area (TPSA) is 59.8 Å². The molecule has 1 heterocycles. The van der Waals surface area contributed by atoms with Gasteiger partial charge in [-0.1, -0.05) is 21.1 Å². The zero-order valence-electron chi connectivity index (χ0n) is 14.1. The average molecular weight is 421 g/mol. The van der Waals surface area contributed by atoms with Crippen molar-refractivity contribution < 1.29 is 13.6 Å². The second-order valence-electron chi connectivity index (χ2n) is 5.83. The first-order valence-electron chi connectivity index (χ1n) is 7.77. The lowest BCUT2D eigenvalue weighted by Crippen LogP contribution is -2.24. The van der Waals surface area contributed by atoms with Gasteiger partial charge in [-0.05, 0) is 55.3 Å². The molecule has 0 aliphatic heterocycles. The standard InChI is InChI=1S/C18H15BrF2N4O/c1-10-5-15(3-4-16(10)19)25-11(2)17(23-24-25)18(26)22-9-12-6-13(20)8-14(21)7-12/h3-8H,9H2,1-2H3,(H,22,26). The molecule has 134 valence electrons. The molecule has 0 unspecified atom stereocenters. The van der Waals surface area contributed by atoms with E-state index >= 15 is 0 Å². The van der Waals surface area contributed by atoms with Crippen molar-refractivity contribution in [1.29, 1.82) is 0 Å². The van der Waals surface area contributed by atoms with Crippen molar-refractivity contribution in [2.24, 2.45) is 0 Å². The lowest BCUT2D eigenvalue weighted by Gasteiger charge is -2.07. The molecule has 1 aromatic heterocycles. The van der Waals surface area contributed by atoms with Gasteiger partial charge in [0.15, 0.2) is 5.69 Å². The van der Waals surface area contributed by atoms with Gasteiger partial charge < -0.3 is 5.32 Å². The molecule has 0 spiro atoms. The number of hydrogen-bond acceptors (Lipinski definition) is 3. The van der Waals surface area contributed by atoms with E-state index in [0.717, 1.165) is 33.9 Å². The SMILES string of the molecule is Cc1cc(-n2nnc(C(=O)NCc3cc(F)cc(F)c3)c2C)ccc1Br. The predicted molar refractivity (Wildman–Crippen MR) is 96.1 cm³/mol. The highest BCUT2D eigenvalue weighted by atomic mass is 79.9. The van der Waals surface area contributed by atoms with Crippen LogP contribution in [0.4, 0.5) is 8.78 Å². The lowest BCUT2D eigenvalue weighted by atomic mass is 10.2. The van der Waals surface area contributed by atoms with Crippen LogP contribution in [-0.4, -0.2) is 20.9 Å². The molecule has 26 heavy (non-hydrogen) atoms. The zero-order chi connectivity index (χ0) is 18.8. The third kappa shape index (κ3) is 3.80. The number of amides is 1. The van der Waals surface area contributed by atoms with E-state index in [0.29, 0.717) is 11.3 Å². The largest absolute Gasteiger partial charge is 0.347 e. The van der Waals surface area contributed by atoms with E-state index in [-0.39, 0.29) is 12.2 Å². The molecule has 0 aliphatic carbocycles. The monoisotopic (exact) mass is 420 g/mol. The normalized spacial score (nSPS) is 10.8. The quantitative estimate of drug-likeness (QED) is 0.696. The number of benzene rings is 2. The third-order valence-corrected chi connectivity index (χ3v) is 4.76. The van der Waals surface area contributed by atoms with Crippen LogP contribution in [0.15, 0.2) is 40.9 Å². The number of carbonyl (C=O) groups is 1. The third-order valence-electron chi connectivity index (χ3n) is 3.87. The fourth-order valence-corrected chi connectivity index (χ4v) is 2.77. The number of hydrogen-bond donors (Lipinski definition) is 1. The Hall–Kier alpha value is -2.61. The van der Waals surface area contributed by atoms with Crippen LogP contribution in [0.5, 0.6) is 0 Å². The van der Waals surface area contributed by atoms with E-state index in [2.05, 4.69) is 31.6 Å². The van der Waals surface area contributed by atoms with E-state index in [9.17, 15) is 13.6 Å².